The predicted octanol–water partition coefficient (Wildman–Crippen LogP) is 6.75. The van der Waals surface area contributed by atoms with Gasteiger partial charge in [-0.1, -0.05) is 45.4 Å². The Morgan fingerprint density at radius 3 is 2.51 bits per heavy atom. The molecule has 1 fully saturated rings. The highest BCUT2D eigenvalue weighted by atomic mass is 16.5. The van der Waals surface area contributed by atoms with E-state index < -0.39 is 0 Å². The molecule has 1 saturated heterocycles. The van der Waals surface area contributed by atoms with E-state index in [0.29, 0.717) is 30.1 Å². The Balaban J connectivity index is 1.34. The number of ether oxygens (including phenoxy) is 1. The number of amidine groups is 2. The van der Waals surface area contributed by atoms with Gasteiger partial charge in [0.1, 0.15) is 18.2 Å². The van der Waals surface area contributed by atoms with E-state index >= 15 is 0 Å². The van der Waals surface area contributed by atoms with Crippen LogP contribution in [-0.4, -0.2) is 52.0 Å². The highest BCUT2D eigenvalue weighted by Gasteiger charge is 2.24. The van der Waals surface area contributed by atoms with Gasteiger partial charge in [-0.2, -0.15) is 5.10 Å². The normalized spacial score (nSPS) is 19.1. The lowest BCUT2D eigenvalue weighted by Crippen LogP contribution is -2.45. The Morgan fingerprint density at radius 1 is 1.05 bits per heavy atom. The Labute approximate surface area is 231 Å². The molecule has 39 heavy (non-hydrogen) atoms. The quantitative estimate of drug-likeness (QED) is 0.192. The van der Waals surface area contributed by atoms with Gasteiger partial charge in [-0.25, -0.2) is 4.99 Å². The molecule has 4 aromatic rings. The number of likely N-dealkylation sites (tertiary alicyclic amines) is 1. The van der Waals surface area contributed by atoms with Crippen molar-refractivity contribution >= 4 is 33.3 Å². The lowest BCUT2D eigenvalue weighted by molar-refractivity contribution is 0.0852. The third kappa shape index (κ3) is 5.83. The van der Waals surface area contributed by atoms with Crippen LogP contribution >= 0.6 is 0 Å². The van der Waals surface area contributed by atoms with E-state index in [2.05, 4.69) is 70.3 Å². The van der Waals surface area contributed by atoms with Crippen LogP contribution in [0, 0.1) is 10.8 Å². The molecule has 204 valence electrons. The van der Waals surface area contributed by atoms with E-state index in [1.807, 2.05) is 39.0 Å². The molecule has 7 nitrogen and oxygen atoms in total. The molecule has 0 spiro atoms. The molecule has 4 N–H and O–H groups in total. The summed E-state index contributed by atoms with van der Waals surface area (Å²) in [7, 11) is 0. The number of aromatic amines is 1. The topological polar surface area (TPSA) is 103 Å². The molecule has 1 aliphatic rings. The molecule has 1 aromatic heterocycles. The molecule has 2 atom stereocenters. The van der Waals surface area contributed by atoms with Crippen LogP contribution in [0.3, 0.4) is 0 Å². The summed E-state index contributed by atoms with van der Waals surface area (Å²) in [5, 5.41) is 19.4. The Bertz CT molecular complexity index is 1520. The summed E-state index contributed by atoms with van der Waals surface area (Å²) in [5.41, 5.74) is 9.30. The summed E-state index contributed by atoms with van der Waals surface area (Å²) in [6.45, 7) is 12.3. The van der Waals surface area contributed by atoms with Gasteiger partial charge < -0.3 is 10.5 Å². The van der Waals surface area contributed by atoms with Crippen molar-refractivity contribution in [1.82, 2.24) is 15.1 Å². The number of hydrogen-bond acceptors (Lipinski definition) is 4. The number of piperidine rings is 1. The molecule has 0 aliphatic carbocycles. The van der Waals surface area contributed by atoms with Crippen molar-refractivity contribution in [1.29, 1.82) is 5.41 Å². The largest absolute Gasteiger partial charge is 0.492 e. The van der Waals surface area contributed by atoms with Crippen LogP contribution in [0.15, 0.2) is 59.6 Å². The maximum Gasteiger partial charge on any atom is 0.153 e. The first-order valence-electron chi connectivity index (χ1n) is 13.9. The summed E-state index contributed by atoms with van der Waals surface area (Å²) >= 11 is 0. The van der Waals surface area contributed by atoms with Gasteiger partial charge >= 0.3 is 0 Å². The van der Waals surface area contributed by atoms with Crippen molar-refractivity contribution < 1.29 is 4.74 Å². The number of nitrogens with two attached hydrogens (primary N) is 1. The third-order valence-electron chi connectivity index (χ3n) is 7.92. The van der Waals surface area contributed by atoms with Crippen molar-refractivity contribution in [2.24, 2.45) is 16.1 Å². The van der Waals surface area contributed by atoms with Gasteiger partial charge in [0, 0.05) is 40.6 Å². The van der Waals surface area contributed by atoms with Gasteiger partial charge in [0.15, 0.2) is 5.84 Å². The van der Waals surface area contributed by atoms with Crippen LogP contribution in [-0.2, 0) is 0 Å². The minimum Gasteiger partial charge on any atom is -0.492 e. The van der Waals surface area contributed by atoms with Crippen LogP contribution in [0.2, 0.25) is 0 Å². The summed E-state index contributed by atoms with van der Waals surface area (Å²) in [6, 6.07) is 19.7. The van der Waals surface area contributed by atoms with Gasteiger partial charge in [0.2, 0.25) is 0 Å². The Morgan fingerprint density at radius 2 is 1.77 bits per heavy atom. The fourth-order valence-electron chi connectivity index (χ4n) is 5.38. The van der Waals surface area contributed by atoms with Crippen molar-refractivity contribution in [2.75, 3.05) is 13.2 Å². The third-order valence-corrected chi connectivity index (χ3v) is 7.92. The number of rotatable bonds is 6. The minimum atomic E-state index is -0.294. The molecule has 0 radical (unpaired) electrons. The van der Waals surface area contributed by atoms with E-state index in [1.54, 1.807) is 0 Å². The number of nitrogens with zero attached hydrogens (tertiary/aromatic N) is 3. The van der Waals surface area contributed by atoms with Crippen molar-refractivity contribution in [3.05, 3.63) is 60.2 Å². The maximum atomic E-state index is 8.48. The van der Waals surface area contributed by atoms with E-state index in [-0.39, 0.29) is 11.3 Å². The first-order chi connectivity index (χ1) is 18.6. The fourth-order valence-corrected chi connectivity index (χ4v) is 5.38. The number of hydrogen-bond donors (Lipinski definition) is 3. The Kier molecular flexibility index (Phi) is 7.45. The zero-order chi connectivity index (χ0) is 27.7. The lowest BCUT2D eigenvalue weighted by Gasteiger charge is -2.38. The molecule has 0 amide bonds. The first-order valence-corrected chi connectivity index (χ1v) is 13.9. The molecule has 0 saturated carbocycles. The van der Waals surface area contributed by atoms with Crippen molar-refractivity contribution in [3.63, 3.8) is 0 Å². The van der Waals surface area contributed by atoms with Gasteiger partial charge in [-0.05, 0) is 73.9 Å². The summed E-state index contributed by atoms with van der Waals surface area (Å²) in [6.07, 6.45) is 3.88. The highest BCUT2D eigenvalue weighted by molar-refractivity contribution is 6.08. The van der Waals surface area contributed by atoms with Crippen molar-refractivity contribution in [3.8, 4) is 17.0 Å². The summed E-state index contributed by atoms with van der Waals surface area (Å²) in [4.78, 5) is 6.92. The summed E-state index contributed by atoms with van der Waals surface area (Å²) < 4.78 is 6.16. The zero-order valence-corrected chi connectivity index (χ0v) is 23.7. The van der Waals surface area contributed by atoms with Crippen LogP contribution in [0.25, 0.3) is 32.9 Å². The SMILES string of the molecule is CC1CCCC(C)N1CCOc1ccc2cc(-c3n[nH]c4ccc(C(=N)N=C(N)C(C)(C)C)cc34)ccc2c1. The van der Waals surface area contributed by atoms with E-state index in [9.17, 15) is 0 Å². The standard InChI is InChI=1S/C32H40N6O/c1-20-7-6-8-21(2)38(20)15-16-39-26-13-11-22-17-24(10-9-23(22)18-26)29-27-19-25(12-14-28(27)36-37-29)30(33)35-31(34)32(3,4)5/h9-14,17-21H,6-8,15-16H2,1-5H3,(H,36,37)(H3,33,34,35). The second kappa shape index (κ2) is 10.8. The molecule has 5 rings (SSSR count). The fraction of sp³-hybridized carbons (Fsp3) is 0.406. The number of benzene rings is 3. The molecule has 3 aromatic carbocycles. The first kappa shape index (κ1) is 26.9. The Hall–Kier alpha value is -3.71. The van der Waals surface area contributed by atoms with Crippen LogP contribution in [0.5, 0.6) is 5.75 Å². The van der Waals surface area contributed by atoms with Gasteiger partial charge in [0.05, 0.1) is 11.2 Å². The van der Waals surface area contributed by atoms with Crippen molar-refractivity contribution in [2.45, 2.75) is 66.0 Å². The number of nitrogens with one attached hydrogen (secondary N) is 2. The number of fused-ring (bicyclic) bond motifs is 2. The molecule has 0 bridgehead atoms. The lowest BCUT2D eigenvalue weighted by atomic mass is 9.95. The monoisotopic (exact) mass is 524 g/mol. The van der Waals surface area contributed by atoms with Gasteiger partial charge in [0.25, 0.3) is 0 Å². The number of aliphatic imine (C=N–C) groups is 1. The molecule has 2 unspecified atom stereocenters. The second-order valence-electron chi connectivity index (χ2n) is 11.9. The predicted molar refractivity (Wildman–Crippen MR) is 162 cm³/mol. The highest BCUT2D eigenvalue weighted by Crippen LogP contribution is 2.31. The molecule has 7 heteroatoms. The summed E-state index contributed by atoms with van der Waals surface area (Å²) in [5.74, 6) is 1.48. The zero-order valence-electron chi connectivity index (χ0n) is 23.7. The van der Waals surface area contributed by atoms with E-state index in [0.717, 1.165) is 45.2 Å². The smallest absolute Gasteiger partial charge is 0.153 e. The maximum absolute atomic E-state index is 8.48. The molecule has 1 aliphatic heterocycles. The van der Waals surface area contributed by atoms with Crippen LogP contribution < -0.4 is 10.5 Å². The van der Waals surface area contributed by atoms with Gasteiger partial charge in [-0.15, -0.1) is 0 Å². The second-order valence-corrected chi connectivity index (χ2v) is 11.9. The average Bonchev–Trinajstić information content (AvgIpc) is 3.33. The van der Waals surface area contributed by atoms with Gasteiger partial charge in [-0.3, -0.25) is 15.4 Å². The number of aromatic nitrogens is 2. The average molecular weight is 525 g/mol. The number of H-pyrrole nitrogens is 1. The molecular formula is C32H40N6O. The molecule has 2 heterocycles. The van der Waals surface area contributed by atoms with E-state index in [4.69, 9.17) is 15.9 Å². The molecular weight excluding hydrogens is 484 g/mol. The van der Waals surface area contributed by atoms with Crippen LogP contribution in [0.1, 0.15) is 59.4 Å². The van der Waals surface area contributed by atoms with Crippen LogP contribution in [0.4, 0.5) is 0 Å². The minimum absolute atomic E-state index is 0.145. The van der Waals surface area contributed by atoms with E-state index in [1.165, 1.54) is 19.3 Å².